The van der Waals surface area contributed by atoms with E-state index in [4.69, 9.17) is 0 Å². The molecule has 0 rings (SSSR count). The number of methoxy groups -OCH3 is 1. The Hall–Kier alpha value is -1.06. The maximum absolute atomic E-state index is 12.0. The molecular weight excluding hydrogens is 230 g/mol. The van der Waals surface area contributed by atoms with Gasteiger partial charge in [0.25, 0.3) is 0 Å². The van der Waals surface area contributed by atoms with Crippen LogP contribution in [0.2, 0.25) is 0 Å². The highest BCUT2D eigenvalue weighted by atomic mass is 16.5. The van der Waals surface area contributed by atoms with Gasteiger partial charge in [0.05, 0.1) is 13.5 Å². The average Bonchev–Trinajstić information content (AvgIpc) is 2.32. The fourth-order valence-corrected chi connectivity index (χ4v) is 1.72. The number of ether oxygens (including phenoxy) is 1. The van der Waals surface area contributed by atoms with Gasteiger partial charge in [-0.3, -0.25) is 9.59 Å². The third-order valence-corrected chi connectivity index (χ3v) is 2.78. The van der Waals surface area contributed by atoms with Crippen molar-refractivity contribution in [3.63, 3.8) is 0 Å². The molecular formula is C14H27NO3. The average molecular weight is 257 g/mol. The predicted octanol–water partition coefficient (Wildman–Crippen LogP) is 2.61. The molecule has 1 amide bonds. The normalized spacial score (nSPS) is 10.5. The van der Waals surface area contributed by atoms with Gasteiger partial charge in [0.2, 0.25) is 5.91 Å². The molecule has 0 saturated carbocycles. The zero-order valence-corrected chi connectivity index (χ0v) is 12.2. The molecule has 0 heterocycles. The second kappa shape index (κ2) is 9.92. The van der Waals surface area contributed by atoms with Crippen LogP contribution >= 0.6 is 0 Å². The zero-order chi connectivity index (χ0) is 14.0. The Morgan fingerprint density at radius 2 is 1.83 bits per heavy atom. The standard InChI is InChI=1S/C14H27NO3/c1-5-6-7-9-15(10-8-14(17)18-4)13(16)11-12(2)3/h12H,5-11H2,1-4H3. The summed E-state index contributed by atoms with van der Waals surface area (Å²) < 4.78 is 4.61. The van der Waals surface area contributed by atoms with E-state index in [1.807, 2.05) is 13.8 Å². The molecule has 0 fully saturated rings. The molecule has 0 unspecified atom stereocenters. The van der Waals surface area contributed by atoms with Crippen LogP contribution in [0.1, 0.15) is 52.9 Å². The maximum atomic E-state index is 12.0. The SMILES string of the molecule is CCCCCN(CCC(=O)OC)C(=O)CC(C)C. The highest BCUT2D eigenvalue weighted by Gasteiger charge is 2.15. The van der Waals surface area contributed by atoms with Crippen LogP contribution in [0.3, 0.4) is 0 Å². The summed E-state index contributed by atoms with van der Waals surface area (Å²) in [6, 6.07) is 0. The Morgan fingerprint density at radius 3 is 2.33 bits per heavy atom. The molecule has 0 spiro atoms. The molecule has 4 nitrogen and oxygen atoms in total. The van der Waals surface area contributed by atoms with Crippen molar-refractivity contribution in [2.45, 2.75) is 52.9 Å². The van der Waals surface area contributed by atoms with Gasteiger partial charge in [0, 0.05) is 19.5 Å². The monoisotopic (exact) mass is 257 g/mol. The van der Waals surface area contributed by atoms with Crippen molar-refractivity contribution in [1.82, 2.24) is 4.90 Å². The summed E-state index contributed by atoms with van der Waals surface area (Å²) >= 11 is 0. The number of rotatable bonds is 9. The summed E-state index contributed by atoms with van der Waals surface area (Å²) in [7, 11) is 1.37. The van der Waals surface area contributed by atoms with Gasteiger partial charge >= 0.3 is 5.97 Å². The van der Waals surface area contributed by atoms with Crippen LogP contribution in [0.5, 0.6) is 0 Å². The fourth-order valence-electron chi connectivity index (χ4n) is 1.72. The van der Waals surface area contributed by atoms with Gasteiger partial charge in [0.1, 0.15) is 0 Å². The van der Waals surface area contributed by atoms with Crippen LogP contribution in [-0.2, 0) is 14.3 Å². The highest BCUT2D eigenvalue weighted by Crippen LogP contribution is 2.07. The van der Waals surface area contributed by atoms with Gasteiger partial charge in [-0.25, -0.2) is 0 Å². The van der Waals surface area contributed by atoms with Crippen LogP contribution < -0.4 is 0 Å². The molecule has 0 aliphatic heterocycles. The van der Waals surface area contributed by atoms with Gasteiger partial charge in [-0.05, 0) is 12.3 Å². The van der Waals surface area contributed by atoms with Gasteiger partial charge in [0.15, 0.2) is 0 Å². The lowest BCUT2D eigenvalue weighted by Gasteiger charge is -2.23. The molecule has 0 aromatic rings. The first-order chi connectivity index (χ1) is 8.51. The van der Waals surface area contributed by atoms with E-state index >= 15 is 0 Å². The summed E-state index contributed by atoms with van der Waals surface area (Å²) in [5, 5.41) is 0. The largest absolute Gasteiger partial charge is 0.469 e. The van der Waals surface area contributed by atoms with Gasteiger partial charge in [-0.2, -0.15) is 0 Å². The fraction of sp³-hybridized carbons (Fsp3) is 0.857. The van der Waals surface area contributed by atoms with Crippen LogP contribution in [0.25, 0.3) is 0 Å². The first-order valence-corrected chi connectivity index (χ1v) is 6.85. The van der Waals surface area contributed by atoms with Gasteiger partial charge in [-0.15, -0.1) is 0 Å². The van der Waals surface area contributed by atoms with Crippen molar-refractivity contribution < 1.29 is 14.3 Å². The van der Waals surface area contributed by atoms with E-state index in [1.54, 1.807) is 4.90 Å². The number of carbonyl (C=O) groups excluding carboxylic acids is 2. The Labute approximate surface area is 111 Å². The summed E-state index contributed by atoms with van der Waals surface area (Å²) in [6.45, 7) is 7.41. The number of esters is 1. The van der Waals surface area contributed by atoms with Crippen molar-refractivity contribution in [3.8, 4) is 0 Å². The second-order valence-corrected chi connectivity index (χ2v) is 5.01. The minimum Gasteiger partial charge on any atom is -0.469 e. The van der Waals surface area contributed by atoms with E-state index in [-0.39, 0.29) is 18.3 Å². The maximum Gasteiger partial charge on any atom is 0.307 e. The Balaban J connectivity index is 4.22. The summed E-state index contributed by atoms with van der Waals surface area (Å²) in [4.78, 5) is 25.0. The lowest BCUT2D eigenvalue weighted by molar-refractivity contribution is -0.141. The summed E-state index contributed by atoms with van der Waals surface area (Å²) in [5.41, 5.74) is 0. The van der Waals surface area contributed by atoms with E-state index in [2.05, 4.69) is 11.7 Å². The molecule has 0 radical (unpaired) electrons. The van der Waals surface area contributed by atoms with Crippen molar-refractivity contribution in [2.75, 3.05) is 20.2 Å². The second-order valence-electron chi connectivity index (χ2n) is 5.01. The number of hydrogen-bond acceptors (Lipinski definition) is 3. The van der Waals surface area contributed by atoms with Crippen LogP contribution in [-0.4, -0.2) is 37.0 Å². The number of amides is 1. The van der Waals surface area contributed by atoms with Crippen LogP contribution in [0.15, 0.2) is 0 Å². The molecule has 4 heteroatoms. The molecule has 0 N–H and O–H groups in total. The van der Waals surface area contributed by atoms with E-state index in [1.165, 1.54) is 7.11 Å². The first kappa shape index (κ1) is 16.9. The Bertz CT molecular complexity index is 251. The number of nitrogens with zero attached hydrogens (tertiary/aromatic N) is 1. The number of carbonyl (C=O) groups is 2. The highest BCUT2D eigenvalue weighted by molar-refractivity contribution is 5.77. The van der Waals surface area contributed by atoms with Gasteiger partial charge < -0.3 is 9.64 Å². The van der Waals surface area contributed by atoms with Crippen molar-refractivity contribution in [2.24, 2.45) is 5.92 Å². The van der Waals surface area contributed by atoms with E-state index in [0.717, 1.165) is 25.8 Å². The first-order valence-electron chi connectivity index (χ1n) is 6.85. The van der Waals surface area contributed by atoms with E-state index in [9.17, 15) is 9.59 Å². The molecule has 0 bridgehead atoms. The van der Waals surface area contributed by atoms with Crippen molar-refractivity contribution in [3.05, 3.63) is 0 Å². The minimum absolute atomic E-state index is 0.144. The Morgan fingerprint density at radius 1 is 1.17 bits per heavy atom. The van der Waals surface area contributed by atoms with Crippen LogP contribution in [0.4, 0.5) is 0 Å². The summed E-state index contributed by atoms with van der Waals surface area (Å²) in [5.74, 6) is 0.238. The summed E-state index contributed by atoms with van der Waals surface area (Å²) in [6.07, 6.45) is 4.08. The molecule has 106 valence electrons. The molecule has 0 aromatic carbocycles. The third-order valence-electron chi connectivity index (χ3n) is 2.78. The molecule has 0 saturated heterocycles. The van der Waals surface area contributed by atoms with Crippen molar-refractivity contribution >= 4 is 11.9 Å². The topological polar surface area (TPSA) is 46.6 Å². The van der Waals surface area contributed by atoms with Gasteiger partial charge in [-0.1, -0.05) is 33.6 Å². The Kier molecular flexibility index (Phi) is 9.33. The quantitative estimate of drug-likeness (QED) is 0.471. The zero-order valence-electron chi connectivity index (χ0n) is 12.2. The molecule has 0 aliphatic rings. The third kappa shape index (κ3) is 8.09. The lowest BCUT2D eigenvalue weighted by Crippen LogP contribution is -2.34. The molecule has 0 aromatic heterocycles. The lowest BCUT2D eigenvalue weighted by atomic mass is 10.1. The minimum atomic E-state index is -0.257. The molecule has 18 heavy (non-hydrogen) atoms. The molecule has 0 atom stereocenters. The number of hydrogen-bond donors (Lipinski definition) is 0. The van der Waals surface area contributed by atoms with E-state index < -0.39 is 0 Å². The van der Waals surface area contributed by atoms with Crippen LogP contribution in [0, 0.1) is 5.92 Å². The van der Waals surface area contributed by atoms with E-state index in [0.29, 0.717) is 18.9 Å². The molecule has 0 aliphatic carbocycles. The predicted molar refractivity (Wildman–Crippen MR) is 72.2 cm³/mol. The number of unbranched alkanes of at least 4 members (excludes halogenated alkanes) is 2. The smallest absolute Gasteiger partial charge is 0.307 e. The van der Waals surface area contributed by atoms with Crippen molar-refractivity contribution in [1.29, 1.82) is 0 Å².